The maximum atomic E-state index is 11.9. The molecule has 0 amide bonds. The third-order valence-electron chi connectivity index (χ3n) is 2.66. The molecule has 0 aliphatic rings. The Morgan fingerprint density at radius 1 is 1.25 bits per heavy atom. The van der Waals surface area contributed by atoms with E-state index in [0.717, 1.165) is 5.56 Å². The van der Waals surface area contributed by atoms with Gasteiger partial charge in [-0.3, -0.25) is 4.79 Å². The first-order valence-corrected chi connectivity index (χ1v) is 6.50. The number of hydrogen-bond donors (Lipinski definition) is 0. The van der Waals surface area contributed by atoms with Crippen molar-refractivity contribution >= 4 is 29.2 Å². The molecule has 0 spiro atoms. The van der Waals surface area contributed by atoms with Crippen LogP contribution in [0.15, 0.2) is 41.3 Å². The third kappa shape index (κ3) is 3.40. The number of aromatic nitrogens is 1. The fourth-order valence-electron chi connectivity index (χ4n) is 1.60. The van der Waals surface area contributed by atoms with Crippen molar-refractivity contribution in [2.75, 3.05) is 0 Å². The summed E-state index contributed by atoms with van der Waals surface area (Å²) in [5.74, 6) is -0.544. The molecule has 4 nitrogen and oxygen atoms in total. The van der Waals surface area contributed by atoms with Gasteiger partial charge in [-0.2, -0.15) is 0 Å². The van der Waals surface area contributed by atoms with Gasteiger partial charge in [0.25, 0.3) is 5.56 Å². The Hall–Kier alpha value is -1.78. The zero-order chi connectivity index (χ0) is 14.7. The summed E-state index contributed by atoms with van der Waals surface area (Å²) >= 11 is 11.5. The largest absolute Gasteiger partial charge is 0.457 e. The molecule has 0 saturated carbocycles. The van der Waals surface area contributed by atoms with Gasteiger partial charge in [0.2, 0.25) is 0 Å². The molecule has 104 valence electrons. The molecule has 0 aliphatic heterocycles. The summed E-state index contributed by atoms with van der Waals surface area (Å²) < 4.78 is 6.39. The molecule has 20 heavy (non-hydrogen) atoms. The molecular formula is C14H11Cl2NO3. The molecule has 0 bridgehead atoms. The summed E-state index contributed by atoms with van der Waals surface area (Å²) in [6.45, 7) is 0.121. The number of pyridine rings is 1. The van der Waals surface area contributed by atoms with Gasteiger partial charge in [-0.05, 0) is 23.8 Å². The van der Waals surface area contributed by atoms with Gasteiger partial charge in [-0.15, -0.1) is 0 Å². The van der Waals surface area contributed by atoms with Gasteiger partial charge in [0.05, 0.1) is 5.56 Å². The van der Waals surface area contributed by atoms with Crippen LogP contribution in [0.25, 0.3) is 0 Å². The van der Waals surface area contributed by atoms with E-state index in [1.165, 1.54) is 23.9 Å². The van der Waals surface area contributed by atoms with Crippen molar-refractivity contribution in [3.05, 3.63) is 68.1 Å². The van der Waals surface area contributed by atoms with Crippen molar-refractivity contribution < 1.29 is 9.53 Å². The minimum atomic E-state index is -0.544. The summed E-state index contributed by atoms with van der Waals surface area (Å²) in [5, 5.41) is 0.596. The van der Waals surface area contributed by atoms with E-state index in [-0.39, 0.29) is 22.8 Å². The van der Waals surface area contributed by atoms with Crippen molar-refractivity contribution in [1.82, 2.24) is 4.57 Å². The summed E-state index contributed by atoms with van der Waals surface area (Å²) in [6.07, 6.45) is 1.39. The number of carbonyl (C=O) groups excluding carboxylic acids is 1. The Labute approximate surface area is 125 Å². The molecule has 1 aromatic heterocycles. The standard InChI is InChI=1S/C14H11Cl2NO3/c1-17-7-10(6-12(16)13(17)18)14(19)20-8-9-2-4-11(15)5-3-9/h2-7H,8H2,1H3. The lowest BCUT2D eigenvalue weighted by molar-refractivity contribution is 0.0471. The molecule has 0 fully saturated rings. The van der Waals surface area contributed by atoms with Crippen molar-refractivity contribution in [2.24, 2.45) is 7.05 Å². The first-order chi connectivity index (χ1) is 9.47. The average Bonchev–Trinajstić information content (AvgIpc) is 2.43. The second kappa shape index (κ2) is 6.11. The Kier molecular flexibility index (Phi) is 4.47. The van der Waals surface area contributed by atoms with E-state index in [4.69, 9.17) is 27.9 Å². The van der Waals surface area contributed by atoms with E-state index in [1.54, 1.807) is 24.3 Å². The van der Waals surface area contributed by atoms with E-state index in [1.807, 2.05) is 0 Å². The van der Waals surface area contributed by atoms with Crippen LogP contribution in [0.2, 0.25) is 10.0 Å². The number of nitrogens with zero attached hydrogens (tertiary/aromatic N) is 1. The lowest BCUT2D eigenvalue weighted by Gasteiger charge is -2.07. The number of rotatable bonds is 3. The predicted octanol–water partition coefficient (Wildman–Crippen LogP) is 3.05. The molecule has 6 heteroatoms. The van der Waals surface area contributed by atoms with Gasteiger partial charge in [0.15, 0.2) is 0 Å². The van der Waals surface area contributed by atoms with Crippen LogP contribution in [0.5, 0.6) is 0 Å². The topological polar surface area (TPSA) is 48.3 Å². The minimum absolute atomic E-state index is 0.0200. The fourth-order valence-corrected chi connectivity index (χ4v) is 1.97. The van der Waals surface area contributed by atoms with E-state index < -0.39 is 5.97 Å². The van der Waals surface area contributed by atoms with Crippen molar-refractivity contribution in [3.8, 4) is 0 Å². The number of esters is 1. The van der Waals surface area contributed by atoms with Gasteiger partial charge in [0.1, 0.15) is 11.6 Å². The van der Waals surface area contributed by atoms with Gasteiger partial charge >= 0.3 is 5.97 Å². The predicted molar refractivity (Wildman–Crippen MR) is 77.3 cm³/mol. The molecule has 0 saturated heterocycles. The molecule has 1 aromatic carbocycles. The van der Waals surface area contributed by atoms with Crippen molar-refractivity contribution in [1.29, 1.82) is 0 Å². The number of hydrogen-bond acceptors (Lipinski definition) is 3. The van der Waals surface area contributed by atoms with Crippen LogP contribution in [0.1, 0.15) is 15.9 Å². The zero-order valence-electron chi connectivity index (χ0n) is 10.6. The van der Waals surface area contributed by atoms with Crippen LogP contribution in [-0.4, -0.2) is 10.5 Å². The van der Waals surface area contributed by atoms with Crippen LogP contribution in [0.4, 0.5) is 0 Å². The highest BCUT2D eigenvalue weighted by Crippen LogP contribution is 2.12. The quantitative estimate of drug-likeness (QED) is 0.819. The molecule has 2 rings (SSSR count). The summed E-state index contributed by atoms with van der Waals surface area (Å²) in [4.78, 5) is 23.3. The van der Waals surface area contributed by atoms with E-state index >= 15 is 0 Å². The smallest absolute Gasteiger partial charge is 0.340 e. The highest BCUT2D eigenvalue weighted by Gasteiger charge is 2.11. The van der Waals surface area contributed by atoms with Gasteiger partial charge in [-0.1, -0.05) is 35.3 Å². The third-order valence-corrected chi connectivity index (χ3v) is 3.18. The van der Waals surface area contributed by atoms with Crippen LogP contribution in [0.3, 0.4) is 0 Å². The lowest BCUT2D eigenvalue weighted by atomic mass is 10.2. The zero-order valence-corrected chi connectivity index (χ0v) is 12.1. The molecule has 0 N–H and O–H groups in total. The Balaban J connectivity index is 2.09. The Bertz CT molecular complexity index is 666. The van der Waals surface area contributed by atoms with Crippen LogP contribution in [-0.2, 0) is 18.4 Å². The Morgan fingerprint density at radius 3 is 2.50 bits per heavy atom. The number of benzene rings is 1. The molecule has 2 aromatic rings. The number of aryl methyl sites for hydroxylation is 1. The first kappa shape index (κ1) is 14.6. The maximum Gasteiger partial charge on any atom is 0.340 e. The minimum Gasteiger partial charge on any atom is -0.457 e. The van der Waals surface area contributed by atoms with Crippen LogP contribution in [0, 0.1) is 0 Å². The first-order valence-electron chi connectivity index (χ1n) is 5.75. The van der Waals surface area contributed by atoms with Gasteiger partial charge in [0, 0.05) is 18.3 Å². The Morgan fingerprint density at radius 2 is 1.90 bits per heavy atom. The normalized spacial score (nSPS) is 10.3. The van der Waals surface area contributed by atoms with E-state index in [2.05, 4.69) is 0 Å². The molecular weight excluding hydrogens is 301 g/mol. The number of carbonyl (C=O) groups is 1. The highest BCUT2D eigenvalue weighted by molar-refractivity contribution is 6.30. The molecule has 0 radical (unpaired) electrons. The summed E-state index contributed by atoms with van der Waals surface area (Å²) in [7, 11) is 1.52. The summed E-state index contributed by atoms with van der Waals surface area (Å²) in [5.41, 5.74) is 0.686. The maximum absolute atomic E-state index is 11.9. The average molecular weight is 312 g/mol. The molecule has 1 heterocycles. The molecule has 0 aliphatic carbocycles. The monoisotopic (exact) mass is 311 g/mol. The van der Waals surface area contributed by atoms with Gasteiger partial charge in [-0.25, -0.2) is 4.79 Å². The van der Waals surface area contributed by atoms with Crippen LogP contribution < -0.4 is 5.56 Å². The van der Waals surface area contributed by atoms with Crippen LogP contribution >= 0.6 is 23.2 Å². The molecule has 0 atom stereocenters. The van der Waals surface area contributed by atoms with E-state index in [9.17, 15) is 9.59 Å². The number of halogens is 2. The van der Waals surface area contributed by atoms with E-state index in [0.29, 0.717) is 5.02 Å². The van der Waals surface area contributed by atoms with Gasteiger partial charge < -0.3 is 9.30 Å². The number of ether oxygens (including phenoxy) is 1. The SMILES string of the molecule is Cn1cc(C(=O)OCc2ccc(Cl)cc2)cc(Cl)c1=O. The van der Waals surface area contributed by atoms with Crippen molar-refractivity contribution in [3.63, 3.8) is 0 Å². The second-order valence-corrected chi connectivity index (χ2v) is 5.04. The highest BCUT2D eigenvalue weighted by atomic mass is 35.5. The lowest BCUT2D eigenvalue weighted by Crippen LogP contribution is -2.19. The van der Waals surface area contributed by atoms with Crippen molar-refractivity contribution in [2.45, 2.75) is 6.61 Å². The molecule has 0 unspecified atom stereocenters. The fraction of sp³-hybridized carbons (Fsp3) is 0.143. The summed E-state index contributed by atoms with van der Waals surface area (Å²) in [6, 6.07) is 8.27. The second-order valence-electron chi connectivity index (χ2n) is 4.20.